The maximum absolute atomic E-state index is 5.06. The lowest BCUT2D eigenvalue weighted by atomic mass is 10.1. The molecule has 1 rings (SSSR count). The molecule has 0 spiro atoms. The molecular formula is C11H18O2. The highest BCUT2D eigenvalue weighted by atomic mass is 16.5. The van der Waals surface area contributed by atoms with Gasteiger partial charge in [-0.15, -0.1) is 0 Å². The SMILES string of the molecule is COCCC1=C(CCOC)CC=C1. The van der Waals surface area contributed by atoms with Crippen LogP contribution in [0.3, 0.4) is 0 Å². The lowest BCUT2D eigenvalue weighted by Gasteiger charge is -2.06. The van der Waals surface area contributed by atoms with Crippen molar-refractivity contribution in [2.24, 2.45) is 0 Å². The molecule has 1 aliphatic rings. The molecule has 0 saturated carbocycles. The molecule has 0 radical (unpaired) electrons. The van der Waals surface area contributed by atoms with Crippen molar-refractivity contribution in [1.82, 2.24) is 0 Å². The van der Waals surface area contributed by atoms with Crippen LogP contribution in [0.1, 0.15) is 19.3 Å². The van der Waals surface area contributed by atoms with Crippen molar-refractivity contribution in [3.05, 3.63) is 23.3 Å². The van der Waals surface area contributed by atoms with Gasteiger partial charge in [-0.05, 0) is 24.8 Å². The molecule has 0 atom stereocenters. The summed E-state index contributed by atoms with van der Waals surface area (Å²) in [7, 11) is 3.49. The topological polar surface area (TPSA) is 18.5 Å². The van der Waals surface area contributed by atoms with Gasteiger partial charge in [-0.3, -0.25) is 0 Å². The minimum absolute atomic E-state index is 0.816. The Morgan fingerprint density at radius 1 is 1.15 bits per heavy atom. The summed E-state index contributed by atoms with van der Waals surface area (Å²) in [6.07, 6.45) is 7.62. The second kappa shape index (κ2) is 5.95. The van der Waals surface area contributed by atoms with Crippen LogP contribution >= 0.6 is 0 Å². The van der Waals surface area contributed by atoms with Crippen molar-refractivity contribution < 1.29 is 9.47 Å². The van der Waals surface area contributed by atoms with Crippen LogP contribution in [-0.2, 0) is 9.47 Å². The zero-order valence-corrected chi connectivity index (χ0v) is 8.51. The molecular weight excluding hydrogens is 164 g/mol. The van der Waals surface area contributed by atoms with Gasteiger partial charge >= 0.3 is 0 Å². The molecule has 0 bridgehead atoms. The molecule has 1 aliphatic carbocycles. The van der Waals surface area contributed by atoms with E-state index in [0.717, 1.165) is 32.5 Å². The fourth-order valence-corrected chi connectivity index (χ4v) is 1.55. The maximum Gasteiger partial charge on any atom is 0.0502 e. The standard InChI is InChI=1S/C11H18O2/c1-12-8-6-10-4-3-5-11(10)7-9-13-2/h3-4H,5-9H2,1-2H3. The number of rotatable bonds is 6. The third-order valence-electron chi connectivity index (χ3n) is 2.32. The van der Waals surface area contributed by atoms with E-state index in [4.69, 9.17) is 9.47 Å². The number of allylic oxidation sites excluding steroid dienone is 2. The van der Waals surface area contributed by atoms with E-state index < -0.39 is 0 Å². The number of hydrogen-bond acceptors (Lipinski definition) is 2. The molecule has 13 heavy (non-hydrogen) atoms. The quantitative estimate of drug-likeness (QED) is 0.627. The molecule has 74 valence electrons. The van der Waals surface area contributed by atoms with Gasteiger partial charge in [0.15, 0.2) is 0 Å². The summed E-state index contributed by atoms with van der Waals surface area (Å²) in [6.45, 7) is 1.64. The molecule has 0 aliphatic heterocycles. The van der Waals surface area contributed by atoms with Crippen LogP contribution in [-0.4, -0.2) is 27.4 Å². The summed E-state index contributed by atoms with van der Waals surface area (Å²) < 4.78 is 10.1. The Bertz CT molecular complexity index is 204. The Hall–Kier alpha value is -0.600. The van der Waals surface area contributed by atoms with E-state index in [0.29, 0.717) is 0 Å². The third-order valence-corrected chi connectivity index (χ3v) is 2.32. The van der Waals surface area contributed by atoms with Crippen LogP contribution in [0.4, 0.5) is 0 Å². The first kappa shape index (κ1) is 10.5. The largest absolute Gasteiger partial charge is 0.384 e. The number of ether oxygens (including phenoxy) is 2. The zero-order chi connectivity index (χ0) is 9.52. The smallest absolute Gasteiger partial charge is 0.0502 e. The van der Waals surface area contributed by atoms with Gasteiger partial charge in [0.2, 0.25) is 0 Å². The highest BCUT2D eigenvalue weighted by Crippen LogP contribution is 2.24. The molecule has 0 N–H and O–H groups in total. The molecule has 0 amide bonds. The summed E-state index contributed by atoms with van der Waals surface area (Å²) >= 11 is 0. The summed E-state index contributed by atoms with van der Waals surface area (Å²) in [5, 5.41) is 0. The predicted octanol–water partition coefficient (Wildman–Crippen LogP) is 2.32. The Morgan fingerprint density at radius 3 is 2.54 bits per heavy atom. The van der Waals surface area contributed by atoms with Crippen molar-refractivity contribution in [3.63, 3.8) is 0 Å². The van der Waals surface area contributed by atoms with Gasteiger partial charge in [0.25, 0.3) is 0 Å². The first-order chi connectivity index (χ1) is 6.38. The minimum atomic E-state index is 0.816. The molecule has 0 fully saturated rings. The fourth-order valence-electron chi connectivity index (χ4n) is 1.55. The molecule has 0 aromatic carbocycles. The van der Waals surface area contributed by atoms with Crippen LogP contribution in [0.5, 0.6) is 0 Å². The molecule has 0 saturated heterocycles. The average molecular weight is 182 g/mol. The second-order valence-electron chi connectivity index (χ2n) is 3.22. The monoisotopic (exact) mass is 182 g/mol. The van der Waals surface area contributed by atoms with Gasteiger partial charge < -0.3 is 9.47 Å². The summed E-state index contributed by atoms with van der Waals surface area (Å²) in [4.78, 5) is 0. The lowest BCUT2D eigenvalue weighted by Crippen LogP contribution is -1.95. The van der Waals surface area contributed by atoms with E-state index in [2.05, 4.69) is 12.2 Å². The summed E-state index contributed by atoms with van der Waals surface area (Å²) in [6, 6.07) is 0. The summed E-state index contributed by atoms with van der Waals surface area (Å²) in [5.41, 5.74) is 2.96. The van der Waals surface area contributed by atoms with E-state index in [9.17, 15) is 0 Å². The molecule has 0 aromatic rings. The Morgan fingerprint density at radius 2 is 1.85 bits per heavy atom. The summed E-state index contributed by atoms with van der Waals surface area (Å²) in [5.74, 6) is 0. The maximum atomic E-state index is 5.06. The normalized spacial score (nSPS) is 15.8. The highest BCUT2D eigenvalue weighted by molar-refractivity contribution is 5.33. The molecule has 0 heterocycles. The van der Waals surface area contributed by atoms with Crippen molar-refractivity contribution in [2.45, 2.75) is 19.3 Å². The van der Waals surface area contributed by atoms with Gasteiger partial charge in [0, 0.05) is 20.8 Å². The van der Waals surface area contributed by atoms with Gasteiger partial charge in [0.05, 0.1) is 6.61 Å². The van der Waals surface area contributed by atoms with Crippen molar-refractivity contribution in [3.8, 4) is 0 Å². The van der Waals surface area contributed by atoms with Crippen molar-refractivity contribution >= 4 is 0 Å². The molecule has 2 heteroatoms. The van der Waals surface area contributed by atoms with E-state index in [1.807, 2.05) is 0 Å². The fraction of sp³-hybridized carbons (Fsp3) is 0.636. The molecule has 0 aromatic heterocycles. The third kappa shape index (κ3) is 3.33. The second-order valence-corrected chi connectivity index (χ2v) is 3.22. The van der Waals surface area contributed by atoms with Crippen LogP contribution in [0, 0.1) is 0 Å². The highest BCUT2D eigenvalue weighted by Gasteiger charge is 2.08. The Labute approximate surface area is 80.2 Å². The van der Waals surface area contributed by atoms with Gasteiger partial charge in [-0.2, -0.15) is 0 Å². The van der Waals surface area contributed by atoms with Crippen molar-refractivity contribution in [1.29, 1.82) is 0 Å². The van der Waals surface area contributed by atoms with Gasteiger partial charge in [0.1, 0.15) is 0 Å². The van der Waals surface area contributed by atoms with Crippen LogP contribution < -0.4 is 0 Å². The van der Waals surface area contributed by atoms with E-state index >= 15 is 0 Å². The van der Waals surface area contributed by atoms with E-state index in [1.165, 1.54) is 11.1 Å². The van der Waals surface area contributed by atoms with Gasteiger partial charge in [-0.1, -0.05) is 17.7 Å². The Balaban J connectivity index is 2.39. The lowest BCUT2D eigenvalue weighted by molar-refractivity contribution is 0.198. The van der Waals surface area contributed by atoms with E-state index in [-0.39, 0.29) is 0 Å². The minimum Gasteiger partial charge on any atom is -0.384 e. The first-order valence-corrected chi connectivity index (χ1v) is 4.73. The van der Waals surface area contributed by atoms with Crippen LogP contribution in [0.25, 0.3) is 0 Å². The number of hydrogen-bond donors (Lipinski definition) is 0. The van der Waals surface area contributed by atoms with Gasteiger partial charge in [-0.25, -0.2) is 0 Å². The molecule has 2 nitrogen and oxygen atoms in total. The Kier molecular flexibility index (Phi) is 4.79. The van der Waals surface area contributed by atoms with E-state index in [1.54, 1.807) is 14.2 Å². The average Bonchev–Trinajstić information content (AvgIpc) is 2.59. The van der Waals surface area contributed by atoms with Crippen LogP contribution in [0.2, 0.25) is 0 Å². The van der Waals surface area contributed by atoms with Crippen LogP contribution in [0.15, 0.2) is 23.3 Å². The zero-order valence-electron chi connectivity index (χ0n) is 8.51. The molecule has 0 unspecified atom stereocenters. The van der Waals surface area contributed by atoms with Crippen molar-refractivity contribution in [2.75, 3.05) is 27.4 Å². The first-order valence-electron chi connectivity index (χ1n) is 4.73. The number of methoxy groups -OCH3 is 2. The predicted molar refractivity (Wildman–Crippen MR) is 53.8 cm³/mol.